The van der Waals surface area contributed by atoms with E-state index in [1.807, 2.05) is 6.08 Å². The van der Waals surface area contributed by atoms with Crippen LogP contribution in [-0.2, 0) is 23.8 Å². The van der Waals surface area contributed by atoms with E-state index in [9.17, 15) is 35.1 Å². The summed E-state index contributed by atoms with van der Waals surface area (Å²) in [5.74, 6) is -0.163. The zero-order valence-electron chi connectivity index (χ0n) is 60.8. The third-order valence-electron chi connectivity index (χ3n) is 19.6. The van der Waals surface area contributed by atoms with Crippen molar-refractivity contribution >= 4 is 11.9 Å². The largest absolute Gasteiger partial charge is 0.466 e. The predicted molar refractivity (Wildman–Crippen MR) is 389 cm³/mol. The Bertz CT molecular complexity index is 1580. The maximum atomic E-state index is 13.1. The van der Waals surface area contributed by atoms with Crippen LogP contribution in [-0.4, -0.2) is 100 Å². The minimum Gasteiger partial charge on any atom is -0.466 e. The number of aliphatic hydroxyl groups excluding tert-OH is 5. The average molecular weight is 1300 g/mol. The molecule has 6 N–H and O–H groups in total. The Morgan fingerprint density at radius 2 is 0.707 bits per heavy atom. The lowest BCUT2D eigenvalue weighted by atomic mass is 9.99. The van der Waals surface area contributed by atoms with Gasteiger partial charge in [0.2, 0.25) is 5.91 Å². The molecule has 11 heteroatoms. The second-order valence-electron chi connectivity index (χ2n) is 28.5. The van der Waals surface area contributed by atoms with Gasteiger partial charge >= 0.3 is 5.97 Å². The van der Waals surface area contributed by atoms with Crippen LogP contribution in [0.1, 0.15) is 418 Å². The molecule has 1 saturated heterocycles. The van der Waals surface area contributed by atoms with Crippen LogP contribution in [0.15, 0.2) is 24.3 Å². The smallest absolute Gasteiger partial charge is 0.305 e. The van der Waals surface area contributed by atoms with E-state index < -0.39 is 49.5 Å². The lowest BCUT2D eigenvalue weighted by molar-refractivity contribution is -0.302. The molecule has 0 saturated carbocycles. The molecule has 0 aromatic rings. The average Bonchev–Trinajstić information content (AvgIpc) is 1.22. The number of ether oxygens (including phenoxy) is 3. The first-order chi connectivity index (χ1) is 45.2. The number of unbranched alkanes of at least 4 members (excludes halogenated alkanes) is 57. The van der Waals surface area contributed by atoms with Gasteiger partial charge in [0, 0.05) is 12.8 Å². The van der Waals surface area contributed by atoms with Crippen molar-refractivity contribution in [3.8, 4) is 0 Å². The highest BCUT2D eigenvalue weighted by Gasteiger charge is 2.44. The number of allylic oxidation sites excluding steroid dienone is 3. The second kappa shape index (κ2) is 70.5. The topological polar surface area (TPSA) is 175 Å². The summed E-state index contributed by atoms with van der Waals surface area (Å²) in [5.41, 5.74) is 0. The highest BCUT2D eigenvalue weighted by molar-refractivity contribution is 5.76. The van der Waals surface area contributed by atoms with E-state index in [2.05, 4.69) is 31.3 Å². The SMILES string of the molecule is CCCCCCC/C=C/CC/C=C/C(O)C(COC1OC(CO)C(O)C(O)C1O)NC(=O)CCCCCCCCCCCCCCCCCCCCCCCCCCCCCCCCCCCCCCCCCOC(=O)CCCCCCCCCCCCCCCC. The fraction of sp³-hybridized carbons (Fsp3) is 0.926. The Kier molecular flexibility index (Phi) is 67.5. The Morgan fingerprint density at radius 3 is 1.08 bits per heavy atom. The Balaban J connectivity index is 1.85. The van der Waals surface area contributed by atoms with E-state index in [1.165, 1.54) is 340 Å². The number of hydrogen-bond acceptors (Lipinski definition) is 10. The predicted octanol–water partition coefficient (Wildman–Crippen LogP) is 21.9. The molecule has 1 aliphatic rings. The molecule has 1 rings (SSSR count). The number of aliphatic hydroxyl groups is 5. The van der Waals surface area contributed by atoms with E-state index in [1.54, 1.807) is 6.08 Å². The molecule has 0 aromatic heterocycles. The molecule has 1 amide bonds. The van der Waals surface area contributed by atoms with Gasteiger partial charge in [0.15, 0.2) is 6.29 Å². The fourth-order valence-electron chi connectivity index (χ4n) is 13.2. The first kappa shape index (κ1) is 88.2. The summed E-state index contributed by atoms with van der Waals surface area (Å²) in [6.07, 6.45) is 81.0. The summed E-state index contributed by atoms with van der Waals surface area (Å²) in [6.45, 7) is 4.36. The standard InChI is InChI=1S/C81H155NO10/c1-3-5-7-9-11-13-15-16-45-49-53-57-61-65-69-77(86)90-70-66-62-58-54-50-46-43-41-39-37-35-33-31-29-27-25-23-21-19-17-18-20-22-24-26-28-30-32-34-36-38-40-42-44-48-52-56-60-64-68-76(85)82-73(72-91-81-80(89)79(88)78(87)75(71-83)92-81)74(84)67-63-59-55-51-47-14-12-10-8-6-4-2/h47,51,63,67,73-75,78-81,83-84,87-89H,3-46,48-50,52-62,64-66,68-72H2,1-2H3,(H,82,85)/b51-47+,67-63+. The molecular formula is C81H155NO10. The molecule has 0 aromatic carbocycles. The lowest BCUT2D eigenvalue weighted by Gasteiger charge is -2.40. The van der Waals surface area contributed by atoms with Gasteiger partial charge in [0.1, 0.15) is 24.4 Å². The number of esters is 1. The first-order valence-electron chi connectivity index (χ1n) is 40.6. The molecule has 0 bridgehead atoms. The summed E-state index contributed by atoms with van der Waals surface area (Å²) in [6, 6.07) is -0.822. The number of carbonyl (C=O) groups excluding carboxylic acids is 2. The zero-order valence-corrected chi connectivity index (χ0v) is 60.8. The maximum Gasteiger partial charge on any atom is 0.305 e. The van der Waals surface area contributed by atoms with Crippen molar-refractivity contribution in [2.75, 3.05) is 19.8 Å². The molecule has 544 valence electrons. The normalized spacial score (nSPS) is 17.6. The van der Waals surface area contributed by atoms with Crippen molar-refractivity contribution in [3.05, 3.63) is 24.3 Å². The highest BCUT2D eigenvalue weighted by atomic mass is 16.7. The maximum absolute atomic E-state index is 13.1. The van der Waals surface area contributed by atoms with Crippen molar-refractivity contribution in [2.24, 2.45) is 0 Å². The van der Waals surface area contributed by atoms with Gasteiger partial charge in [-0.05, 0) is 44.9 Å². The van der Waals surface area contributed by atoms with Gasteiger partial charge in [-0.2, -0.15) is 0 Å². The van der Waals surface area contributed by atoms with Gasteiger partial charge in [0.05, 0.1) is 32.0 Å². The zero-order chi connectivity index (χ0) is 66.5. The Morgan fingerprint density at radius 1 is 0.391 bits per heavy atom. The van der Waals surface area contributed by atoms with Crippen LogP contribution >= 0.6 is 0 Å². The third-order valence-corrected chi connectivity index (χ3v) is 19.6. The van der Waals surface area contributed by atoms with Crippen molar-refractivity contribution in [3.63, 3.8) is 0 Å². The molecule has 7 unspecified atom stereocenters. The molecule has 0 radical (unpaired) electrons. The molecule has 1 heterocycles. The minimum atomic E-state index is -1.57. The van der Waals surface area contributed by atoms with Crippen LogP contribution in [0, 0.1) is 0 Å². The number of nitrogens with one attached hydrogen (secondary N) is 1. The van der Waals surface area contributed by atoms with Crippen LogP contribution in [0.3, 0.4) is 0 Å². The number of hydrogen-bond donors (Lipinski definition) is 6. The number of amides is 1. The van der Waals surface area contributed by atoms with E-state index >= 15 is 0 Å². The van der Waals surface area contributed by atoms with E-state index in [4.69, 9.17) is 14.2 Å². The van der Waals surface area contributed by atoms with Gasteiger partial charge in [-0.25, -0.2) is 0 Å². The van der Waals surface area contributed by atoms with Gasteiger partial charge in [0.25, 0.3) is 0 Å². The second-order valence-corrected chi connectivity index (χ2v) is 28.5. The summed E-state index contributed by atoms with van der Waals surface area (Å²) in [7, 11) is 0. The van der Waals surface area contributed by atoms with Gasteiger partial charge in [-0.15, -0.1) is 0 Å². The summed E-state index contributed by atoms with van der Waals surface area (Å²) in [4.78, 5) is 25.1. The molecule has 1 aliphatic heterocycles. The first-order valence-corrected chi connectivity index (χ1v) is 40.6. The fourth-order valence-corrected chi connectivity index (χ4v) is 13.2. The van der Waals surface area contributed by atoms with Crippen LogP contribution in [0.4, 0.5) is 0 Å². The molecular weight excluding hydrogens is 1150 g/mol. The Labute approximate surface area is 569 Å². The van der Waals surface area contributed by atoms with E-state index in [0.29, 0.717) is 19.4 Å². The van der Waals surface area contributed by atoms with E-state index in [-0.39, 0.29) is 18.5 Å². The van der Waals surface area contributed by atoms with E-state index in [0.717, 1.165) is 51.4 Å². The van der Waals surface area contributed by atoms with Gasteiger partial charge < -0.3 is 45.1 Å². The summed E-state index contributed by atoms with van der Waals surface area (Å²) >= 11 is 0. The van der Waals surface area contributed by atoms with Gasteiger partial charge in [-0.3, -0.25) is 9.59 Å². The molecule has 92 heavy (non-hydrogen) atoms. The van der Waals surface area contributed by atoms with Gasteiger partial charge in [-0.1, -0.05) is 385 Å². The number of carbonyl (C=O) groups is 2. The van der Waals surface area contributed by atoms with Crippen molar-refractivity contribution in [1.29, 1.82) is 0 Å². The van der Waals surface area contributed by atoms with Crippen LogP contribution in [0.2, 0.25) is 0 Å². The molecule has 7 atom stereocenters. The van der Waals surface area contributed by atoms with Crippen LogP contribution in [0.25, 0.3) is 0 Å². The molecule has 1 fully saturated rings. The van der Waals surface area contributed by atoms with Crippen LogP contribution in [0.5, 0.6) is 0 Å². The van der Waals surface area contributed by atoms with Crippen LogP contribution < -0.4 is 5.32 Å². The third kappa shape index (κ3) is 58.3. The minimum absolute atomic E-state index is 0.0213. The lowest BCUT2D eigenvalue weighted by Crippen LogP contribution is -2.60. The molecule has 0 spiro atoms. The van der Waals surface area contributed by atoms with Crippen molar-refractivity contribution in [1.82, 2.24) is 5.32 Å². The quantitative estimate of drug-likeness (QED) is 0.0195. The molecule has 0 aliphatic carbocycles. The number of rotatable bonds is 73. The van der Waals surface area contributed by atoms with Crippen molar-refractivity contribution < 1.29 is 49.3 Å². The molecule has 11 nitrogen and oxygen atoms in total. The summed E-state index contributed by atoms with van der Waals surface area (Å²) in [5, 5.41) is 54.4. The highest BCUT2D eigenvalue weighted by Crippen LogP contribution is 2.24. The summed E-state index contributed by atoms with van der Waals surface area (Å²) < 4.78 is 16.8. The Hall–Kier alpha value is -1.86. The van der Waals surface area contributed by atoms with Crippen molar-refractivity contribution in [2.45, 2.75) is 461 Å². The monoisotopic (exact) mass is 1300 g/mol.